The van der Waals surface area contributed by atoms with Crippen molar-refractivity contribution < 1.29 is 14.3 Å². The summed E-state index contributed by atoms with van der Waals surface area (Å²) in [6, 6.07) is 0. The van der Waals surface area contributed by atoms with E-state index in [2.05, 4.69) is 0 Å². The van der Waals surface area contributed by atoms with E-state index in [4.69, 9.17) is 22.7 Å². The van der Waals surface area contributed by atoms with Crippen LogP contribution in [0.2, 0.25) is 0 Å². The van der Waals surface area contributed by atoms with Gasteiger partial charge >= 0.3 is 5.97 Å². The number of thiocarbonyl (C=S) groups is 1. The van der Waals surface area contributed by atoms with Crippen molar-refractivity contribution in [3.05, 3.63) is 0 Å². The van der Waals surface area contributed by atoms with Crippen molar-refractivity contribution in [2.75, 3.05) is 20.2 Å². The number of nitrogens with two attached hydrogens (primary N) is 1. The summed E-state index contributed by atoms with van der Waals surface area (Å²) >= 11 is 4.90. The lowest BCUT2D eigenvalue weighted by Gasteiger charge is -2.33. The van der Waals surface area contributed by atoms with Crippen molar-refractivity contribution >= 4 is 29.1 Å². The number of likely N-dealkylation sites (tertiary alicyclic amines) is 1. The van der Waals surface area contributed by atoms with E-state index in [9.17, 15) is 9.59 Å². The number of piperidine rings is 1. The fourth-order valence-corrected chi connectivity index (χ4v) is 2.52. The van der Waals surface area contributed by atoms with Crippen molar-refractivity contribution in [2.45, 2.75) is 26.2 Å². The summed E-state index contributed by atoms with van der Waals surface area (Å²) < 4.78 is 4.72. The van der Waals surface area contributed by atoms with Crippen LogP contribution in [0, 0.1) is 11.8 Å². The lowest BCUT2D eigenvalue weighted by molar-refractivity contribution is -0.149. The quantitative estimate of drug-likeness (QED) is 0.603. The molecule has 0 spiro atoms. The second-order valence-electron chi connectivity index (χ2n) is 4.51. The summed E-state index contributed by atoms with van der Waals surface area (Å²) in [5.74, 6) is -0.970. The van der Waals surface area contributed by atoms with E-state index in [0.717, 1.165) is 12.8 Å². The van der Waals surface area contributed by atoms with Gasteiger partial charge in [-0.15, -0.1) is 0 Å². The lowest BCUT2D eigenvalue weighted by Crippen LogP contribution is -2.47. The summed E-state index contributed by atoms with van der Waals surface area (Å²) in [5, 5.41) is 0. The number of methoxy groups -OCH3 is 1. The van der Waals surface area contributed by atoms with Crippen LogP contribution < -0.4 is 5.73 Å². The zero-order valence-electron chi connectivity index (χ0n) is 10.8. The first kappa shape index (κ1) is 14.9. The topological polar surface area (TPSA) is 72.6 Å². The Bertz CT molecular complexity index is 346. The average Bonchev–Trinajstić information content (AvgIpc) is 2.38. The van der Waals surface area contributed by atoms with E-state index in [1.807, 2.05) is 6.92 Å². The van der Waals surface area contributed by atoms with E-state index in [-0.39, 0.29) is 22.8 Å². The van der Waals surface area contributed by atoms with Gasteiger partial charge in [0.05, 0.1) is 23.9 Å². The molecule has 0 aromatic heterocycles. The first-order valence-corrected chi connectivity index (χ1v) is 6.58. The SMILES string of the molecule is CCC(C(=O)N1CCCC(C(=O)OC)C1)C(N)=S. The van der Waals surface area contributed by atoms with Crippen LogP contribution in [0.25, 0.3) is 0 Å². The van der Waals surface area contributed by atoms with Crippen molar-refractivity contribution in [3.8, 4) is 0 Å². The van der Waals surface area contributed by atoms with Gasteiger partial charge in [-0.2, -0.15) is 0 Å². The lowest BCUT2D eigenvalue weighted by atomic mass is 9.96. The number of ether oxygens (including phenoxy) is 1. The Morgan fingerprint density at radius 1 is 1.56 bits per heavy atom. The van der Waals surface area contributed by atoms with Crippen molar-refractivity contribution in [1.29, 1.82) is 0 Å². The molecule has 0 saturated carbocycles. The first-order chi connectivity index (χ1) is 8.51. The van der Waals surface area contributed by atoms with Gasteiger partial charge in [-0.05, 0) is 19.3 Å². The molecule has 1 amide bonds. The molecule has 2 unspecified atom stereocenters. The molecular weight excluding hydrogens is 252 g/mol. The molecule has 1 aliphatic heterocycles. The standard InChI is InChI=1S/C12H20N2O3S/c1-3-9(10(13)18)11(15)14-6-4-5-8(7-14)12(16)17-2/h8-9H,3-7H2,1-2H3,(H2,13,18). The van der Waals surface area contributed by atoms with E-state index in [0.29, 0.717) is 19.5 Å². The van der Waals surface area contributed by atoms with Crippen LogP contribution >= 0.6 is 12.2 Å². The molecule has 0 aromatic carbocycles. The summed E-state index contributed by atoms with van der Waals surface area (Å²) in [6.45, 7) is 2.94. The van der Waals surface area contributed by atoms with Gasteiger partial charge in [-0.1, -0.05) is 19.1 Å². The van der Waals surface area contributed by atoms with E-state index >= 15 is 0 Å². The van der Waals surface area contributed by atoms with Crippen LogP contribution in [0.4, 0.5) is 0 Å². The molecule has 0 radical (unpaired) electrons. The molecule has 6 heteroatoms. The maximum Gasteiger partial charge on any atom is 0.310 e. The fraction of sp³-hybridized carbons (Fsp3) is 0.750. The Morgan fingerprint density at radius 2 is 2.22 bits per heavy atom. The molecule has 18 heavy (non-hydrogen) atoms. The van der Waals surface area contributed by atoms with Gasteiger partial charge in [0.15, 0.2) is 0 Å². The minimum absolute atomic E-state index is 0.0707. The number of carbonyl (C=O) groups is 2. The third kappa shape index (κ3) is 3.41. The molecule has 2 atom stereocenters. The van der Waals surface area contributed by atoms with E-state index in [1.165, 1.54) is 7.11 Å². The number of nitrogens with zero attached hydrogens (tertiary/aromatic N) is 1. The van der Waals surface area contributed by atoms with Crippen LogP contribution in [-0.2, 0) is 14.3 Å². The predicted octanol–water partition coefficient (Wildman–Crippen LogP) is 0.710. The molecule has 0 aromatic rings. The van der Waals surface area contributed by atoms with E-state index in [1.54, 1.807) is 4.90 Å². The Labute approximate surface area is 113 Å². The number of amides is 1. The zero-order valence-corrected chi connectivity index (χ0v) is 11.7. The molecule has 1 rings (SSSR count). The minimum Gasteiger partial charge on any atom is -0.469 e. The third-order valence-corrected chi connectivity index (χ3v) is 3.60. The van der Waals surface area contributed by atoms with Crippen LogP contribution in [-0.4, -0.2) is 42.0 Å². The number of esters is 1. The highest BCUT2D eigenvalue weighted by Crippen LogP contribution is 2.20. The molecule has 1 saturated heterocycles. The van der Waals surface area contributed by atoms with Crippen LogP contribution in [0.15, 0.2) is 0 Å². The van der Waals surface area contributed by atoms with Crippen LogP contribution in [0.5, 0.6) is 0 Å². The maximum atomic E-state index is 12.2. The van der Waals surface area contributed by atoms with Gasteiger partial charge in [0.2, 0.25) is 5.91 Å². The fourth-order valence-electron chi connectivity index (χ4n) is 2.25. The number of hydrogen-bond acceptors (Lipinski definition) is 4. The monoisotopic (exact) mass is 272 g/mol. The molecule has 0 aliphatic carbocycles. The predicted molar refractivity (Wildman–Crippen MR) is 71.9 cm³/mol. The smallest absolute Gasteiger partial charge is 0.310 e. The molecular formula is C12H20N2O3S. The average molecular weight is 272 g/mol. The highest BCUT2D eigenvalue weighted by atomic mass is 32.1. The van der Waals surface area contributed by atoms with Crippen molar-refractivity contribution in [3.63, 3.8) is 0 Å². The minimum atomic E-state index is -0.420. The molecule has 0 bridgehead atoms. The number of carbonyl (C=O) groups excluding carboxylic acids is 2. The second-order valence-corrected chi connectivity index (χ2v) is 4.98. The van der Waals surface area contributed by atoms with Gasteiger partial charge in [0.25, 0.3) is 0 Å². The van der Waals surface area contributed by atoms with Crippen LogP contribution in [0.1, 0.15) is 26.2 Å². The molecule has 1 heterocycles. The Kier molecular flexibility index (Phi) is 5.53. The first-order valence-electron chi connectivity index (χ1n) is 6.17. The van der Waals surface area contributed by atoms with Gasteiger partial charge < -0.3 is 15.4 Å². The van der Waals surface area contributed by atoms with Gasteiger partial charge in [-0.3, -0.25) is 9.59 Å². The summed E-state index contributed by atoms with van der Waals surface area (Å²) in [7, 11) is 1.37. The maximum absolute atomic E-state index is 12.2. The largest absolute Gasteiger partial charge is 0.469 e. The molecule has 102 valence electrons. The Morgan fingerprint density at radius 3 is 2.72 bits per heavy atom. The highest BCUT2D eigenvalue weighted by Gasteiger charge is 2.32. The van der Waals surface area contributed by atoms with Gasteiger partial charge in [0, 0.05) is 13.1 Å². The van der Waals surface area contributed by atoms with Gasteiger partial charge in [0.1, 0.15) is 0 Å². The summed E-state index contributed by atoms with van der Waals surface area (Å²) in [4.78, 5) is 25.6. The second kappa shape index (κ2) is 6.68. The normalized spacial score (nSPS) is 21.2. The van der Waals surface area contributed by atoms with Crippen molar-refractivity contribution in [2.24, 2.45) is 17.6 Å². The Hall–Kier alpha value is -1.17. The number of hydrogen-bond donors (Lipinski definition) is 1. The molecule has 2 N–H and O–H groups in total. The zero-order chi connectivity index (χ0) is 13.7. The summed E-state index contributed by atoms with van der Waals surface area (Å²) in [5.41, 5.74) is 5.57. The van der Waals surface area contributed by atoms with Gasteiger partial charge in [-0.25, -0.2) is 0 Å². The van der Waals surface area contributed by atoms with E-state index < -0.39 is 5.92 Å². The molecule has 5 nitrogen and oxygen atoms in total. The highest BCUT2D eigenvalue weighted by molar-refractivity contribution is 7.80. The molecule has 1 fully saturated rings. The summed E-state index contributed by atoms with van der Waals surface area (Å²) in [6.07, 6.45) is 2.16. The third-order valence-electron chi connectivity index (χ3n) is 3.32. The van der Waals surface area contributed by atoms with Crippen molar-refractivity contribution in [1.82, 2.24) is 4.90 Å². The Balaban J connectivity index is 2.68. The number of rotatable bonds is 4. The van der Waals surface area contributed by atoms with Crippen LogP contribution in [0.3, 0.4) is 0 Å². The molecule has 1 aliphatic rings.